The first-order chi connectivity index (χ1) is 6.36. The third kappa shape index (κ3) is 4.83. The molecule has 0 aliphatic heterocycles. The average Bonchev–Trinajstić information content (AvgIpc) is 2.99. The number of hydrogen-bond acceptors (Lipinski definition) is 2. The Balaban J connectivity index is 0.000000980. The van der Waals surface area contributed by atoms with Gasteiger partial charge in [-0.3, -0.25) is 4.98 Å². The maximum Gasteiger partial charge on any atom is 0.0300 e. The topological polar surface area (TPSA) is 16.1 Å². The van der Waals surface area contributed by atoms with Crippen molar-refractivity contribution < 1.29 is 0 Å². The van der Waals surface area contributed by atoms with Gasteiger partial charge in [-0.2, -0.15) is 0 Å². The zero-order chi connectivity index (χ0) is 9.10. The molecule has 1 heterocycles. The van der Waals surface area contributed by atoms with Gasteiger partial charge >= 0.3 is 0 Å². The van der Waals surface area contributed by atoms with Gasteiger partial charge in [-0.05, 0) is 37.9 Å². The Morgan fingerprint density at radius 1 is 1.40 bits per heavy atom. The number of aromatic nitrogens is 1. The maximum absolute atomic E-state index is 4.10. The number of hydrogen-bond donors (Lipinski definition) is 0. The summed E-state index contributed by atoms with van der Waals surface area (Å²) in [6.45, 7) is 1.16. The molecule has 0 bridgehead atoms. The summed E-state index contributed by atoms with van der Waals surface area (Å²) < 4.78 is 0. The highest BCUT2D eigenvalue weighted by molar-refractivity contribution is 5.85. The van der Waals surface area contributed by atoms with E-state index in [0.29, 0.717) is 0 Å². The third-order valence-corrected chi connectivity index (χ3v) is 2.65. The van der Waals surface area contributed by atoms with E-state index in [1.54, 1.807) is 0 Å². The Kier molecular flexibility index (Phi) is 6.90. The van der Waals surface area contributed by atoms with Gasteiger partial charge in [0.25, 0.3) is 0 Å². The molecule has 0 aromatic carbocycles. The fourth-order valence-corrected chi connectivity index (χ4v) is 1.55. The molecule has 4 heteroatoms. The minimum Gasteiger partial charge on any atom is -0.303 e. The lowest BCUT2D eigenvalue weighted by Gasteiger charge is -2.14. The van der Waals surface area contributed by atoms with Gasteiger partial charge in [0.2, 0.25) is 0 Å². The lowest BCUT2D eigenvalue weighted by molar-refractivity contribution is 0.328. The zero-order valence-electron chi connectivity index (χ0n) is 8.93. The van der Waals surface area contributed by atoms with Crippen LogP contribution in [0.4, 0.5) is 0 Å². The number of likely N-dealkylation sites (N-methyl/N-ethyl adjacent to an activating group) is 1. The second kappa shape index (κ2) is 7.04. The average molecular weight is 249 g/mol. The van der Waals surface area contributed by atoms with Gasteiger partial charge in [0, 0.05) is 25.0 Å². The summed E-state index contributed by atoms with van der Waals surface area (Å²) in [5.74, 6) is 0. The van der Waals surface area contributed by atoms with Crippen molar-refractivity contribution in [1.82, 2.24) is 9.88 Å². The molecule has 1 aliphatic rings. The molecule has 0 atom stereocenters. The Morgan fingerprint density at radius 3 is 2.67 bits per heavy atom. The van der Waals surface area contributed by atoms with Crippen molar-refractivity contribution in [3.63, 3.8) is 0 Å². The summed E-state index contributed by atoms with van der Waals surface area (Å²) >= 11 is 0. The predicted molar refractivity (Wildman–Crippen MR) is 68.1 cm³/mol. The fraction of sp³-hybridized carbons (Fsp3) is 0.545. The molecule has 0 saturated heterocycles. The Bertz CT molecular complexity index is 263. The number of halogens is 2. The number of rotatable bonds is 4. The van der Waals surface area contributed by atoms with E-state index < -0.39 is 0 Å². The van der Waals surface area contributed by atoms with Gasteiger partial charge in [0.1, 0.15) is 0 Å². The standard InChI is InChI=1S/C11H16N2.2ClH/c1-13(11-4-5-11)8-6-10-3-2-7-12-9-10;;/h2-3,7,9,11H,4-6,8H2,1H3;2*1H. The van der Waals surface area contributed by atoms with Crippen molar-refractivity contribution in [3.8, 4) is 0 Å². The highest BCUT2D eigenvalue weighted by Crippen LogP contribution is 2.25. The zero-order valence-corrected chi connectivity index (χ0v) is 10.6. The van der Waals surface area contributed by atoms with Gasteiger partial charge in [-0.1, -0.05) is 6.07 Å². The second-order valence-corrected chi connectivity index (χ2v) is 3.82. The molecule has 1 saturated carbocycles. The van der Waals surface area contributed by atoms with Crippen LogP contribution in [0, 0.1) is 0 Å². The number of pyridine rings is 1. The van der Waals surface area contributed by atoms with Crippen LogP contribution in [-0.4, -0.2) is 29.5 Å². The highest BCUT2D eigenvalue weighted by Gasteiger charge is 2.25. The van der Waals surface area contributed by atoms with Crippen molar-refractivity contribution >= 4 is 24.8 Å². The number of nitrogens with zero attached hydrogens (tertiary/aromatic N) is 2. The first kappa shape index (κ1) is 14.7. The lowest BCUT2D eigenvalue weighted by atomic mass is 10.2. The van der Waals surface area contributed by atoms with Crippen molar-refractivity contribution in [3.05, 3.63) is 30.1 Å². The second-order valence-electron chi connectivity index (χ2n) is 3.82. The first-order valence-electron chi connectivity index (χ1n) is 4.95. The van der Waals surface area contributed by atoms with Gasteiger partial charge in [-0.15, -0.1) is 24.8 Å². The molecule has 1 aliphatic carbocycles. The van der Waals surface area contributed by atoms with Crippen molar-refractivity contribution in [2.24, 2.45) is 0 Å². The first-order valence-corrected chi connectivity index (χ1v) is 4.95. The quantitative estimate of drug-likeness (QED) is 0.815. The molecular weight excluding hydrogens is 231 g/mol. The van der Waals surface area contributed by atoms with Crippen LogP contribution in [0.2, 0.25) is 0 Å². The van der Waals surface area contributed by atoms with Crippen LogP contribution in [-0.2, 0) is 6.42 Å². The van der Waals surface area contributed by atoms with Crippen LogP contribution in [0.15, 0.2) is 24.5 Å². The Morgan fingerprint density at radius 2 is 2.13 bits per heavy atom. The predicted octanol–water partition coefficient (Wildman–Crippen LogP) is 2.56. The summed E-state index contributed by atoms with van der Waals surface area (Å²) in [5, 5.41) is 0. The Hall–Kier alpha value is -0.310. The van der Waals surface area contributed by atoms with E-state index in [-0.39, 0.29) is 24.8 Å². The molecule has 0 N–H and O–H groups in total. The van der Waals surface area contributed by atoms with Gasteiger partial charge in [-0.25, -0.2) is 0 Å². The third-order valence-electron chi connectivity index (χ3n) is 2.65. The van der Waals surface area contributed by atoms with E-state index in [2.05, 4.69) is 23.0 Å². The van der Waals surface area contributed by atoms with E-state index in [4.69, 9.17) is 0 Å². The van der Waals surface area contributed by atoms with Gasteiger partial charge in [0.15, 0.2) is 0 Å². The van der Waals surface area contributed by atoms with Gasteiger partial charge < -0.3 is 4.90 Å². The smallest absolute Gasteiger partial charge is 0.0300 e. The summed E-state index contributed by atoms with van der Waals surface area (Å²) in [5.41, 5.74) is 1.34. The Labute approximate surface area is 104 Å². The summed E-state index contributed by atoms with van der Waals surface area (Å²) in [7, 11) is 2.22. The van der Waals surface area contributed by atoms with E-state index in [1.807, 2.05) is 18.5 Å². The molecule has 86 valence electrons. The SMILES string of the molecule is CN(CCc1cccnc1)C1CC1.Cl.Cl. The van der Waals surface area contributed by atoms with Gasteiger partial charge in [0.05, 0.1) is 0 Å². The van der Waals surface area contributed by atoms with E-state index >= 15 is 0 Å². The molecule has 1 fully saturated rings. The summed E-state index contributed by atoms with van der Waals surface area (Å²) in [6.07, 6.45) is 7.70. The highest BCUT2D eigenvalue weighted by atomic mass is 35.5. The lowest BCUT2D eigenvalue weighted by Crippen LogP contribution is -2.23. The van der Waals surface area contributed by atoms with E-state index in [9.17, 15) is 0 Å². The van der Waals surface area contributed by atoms with E-state index in [1.165, 1.54) is 18.4 Å². The molecule has 1 aromatic rings. The molecule has 15 heavy (non-hydrogen) atoms. The van der Waals surface area contributed by atoms with Crippen molar-refractivity contribution in [1.29, 1.82) is 0 Å². The molecule has 0 amide bonds. The maximum atomic E-state index is 4.10. The minimum absolute atomic E-state index is 0. The molecule has 0 radical (unpaired) electrons. The monoisotopic (exact) mass is 248 g/mol. The molecule has 2 nitrogen and oxygen atoms in total. The summed E-state index contributed by atoms with van der Waals surface area (Å²) in [4.78, 5) is 6.56. The molecule has 0 unspecified atom stereocenters. The van der Waals surface area contributed by atoms with Crippen molar-refractivity contribution in [2.75, 3.05) is 13.6 Å². The molecule has 1 aromatic heterocycles. The molecular formula is C11H18Cl2N2. The molecule has 0 spiro atoms. The fourth-order valence-electron chi connectivity index (χ4n) is 1.55. The minimum atomic E-state index is 0. The largest absolute Gasteiger partial charge is 0.303 e. The van der Waals surface area contributed by atoms with Crippen LogP contribution in [0.1, 0.15) is 18.4 Å². The van der Waals surface area contributed by atoms with E-state index in [0.717, 1.165) is 19.0 Å². The van der Waals surface area contributed by atoms with Crippen LogP contribution >= 0.6 is 24.8 Å². The van der Waals surface area contributed by atoms with Crippen molar-refractivity contribution in [2.45, 2.75) is 25.3 Å². The molecule has 2 rings (SSSR count). The van der Waals surface area contributed by atoms with Crippen LogP contribution < -0.4 is 0 Å². The van der Waals surface area contributed by atoms with Crippen LogP contribution in [0.3, 0.4) is 0 Å². The summed E-state index contributed by atoms with van der Waals surface area (Å²) in [6, 6.07) is 5.02. The normalized spacial score (nSPS) is 14.3. The van der Waals surface area contributed by atoms with Crippen LogP contribution in [0.5, 0.6) is 0 Å². The van der Waals surface area contributed by atoms with Crippen LogP contribution in [0.25, 0.3) is 0 Å².